The fourth-order valence-corrected chi connectivity index (χ4v) is 5.47. The van der Waals surface area contributed by atoms with Crippen molar-refractivity contribution < 1.29 is 23.4 Å². The predicted molar refractivity (Wildman–Crippen MR) is 128 cm³/mol. The molecule has 1 fully saturated rings. The standard InChI is InChI=1S/C25H33N3O5S/c1-25(2)23(30)27(14-18-8-10-22(11-9-18)34(3,32)33)24(31)28(25)17-21(29)16-26-13-12-19-6-4-5-7-20(19)15-26/h4-11,21,24,29,31H,12-17H2,1-3H3. The number of fused-ring (bicyclic) bond motifs is 1. The Kier molecular flexibility index (Phi) is 6.85. The van der Waals surface area contributed by atoms with Crippen LogP contribution in [-0.4, -0.2) is 83.1 Å². The Morgan fingerprint density at radius 1 is 1.06 bits per heavy atom. The second-order valence-corrected chi connectivity index (χ2v) is 11.8. The molecule has 0 aromatic heterocycles. The summed E-state index contributed by atoms with van der Waals surface area (Å²) in [5, 5.41) is 21.8. The first-order valence-electron chi connectivity index (χ1n) is 11.5. The minimum Gasteiger partial charge on any atom is -0.390 e. The van der Waals surface area contributed by atoms with Crippen LogP contribution in [-0.2, 0) is 34.1 Å². The molecule has 0 bridgehead atoms. The van der Waals surface area contributed by atoms with Crippen molar-refractivity contribution in [1.82, 2.24) is 14.7 Å². The molecule has 0 radical (unpaired) electrons. The van der Waals surface area contributed by atoms with Gasteiger partial charge in [-0.15, -0.1) is 0 Å². The van der Waals surface area contributed by atoms with Crippen LogP contribution in [0.1, 0.15) is 30.5 Å². The first-order valence-corrected chi connectivity index (χ1v) is 13.4. The number of amides is 1. The lowest BCUT2D eigenvalue weighted by Crippen LogP contribution is -2.51. The van der Waals surface area contributed by atoms with Crippen LogP contribution in [0.5, 0.6) is 0 Å². The number of nitrogens with zero attached hydrogens (tertiary/aromatic N) is 3. The van der Waals surface area contributed by atoms with Gasteiger partial charge in [-0.05, 0) is 49.1 Å². The van der Waals surface area contributed by atoms with E-state index in [2.05, 4.69) is 17.0 Å². The molecule has 8 nitrogen and oxygen atoms in total. The molecule has 2 heterocycles. The van der Waals surface area contributed by atoms with Crippen molar-refractivity contribution in [2.75, 3.05) is 25.9 Å². The molecule has 0 aliphatic carbocycles. The monoisotopic (exact) mass is 487 g/mol. The first-order chi connectivity index (χ1) is 16.0. The van der Waals surface area contributed by atoms with Crippen molar-refractivity contribution in [3.05, 3.63) is 65.2 Å². The lowest BCUT2D eigenvalue weighted by molar-refractivity contribution is -0.137. The van der Waals surface area contributed by atoms with E-state index in [0.29, 0.717) is 12.1 Å². The van der Waals surface area contributed by atoms with Crippen LogP contribution in [0.25, 0.3) is 0 Å². The number of β-amino-alcohol motifs (C(OH)–C–C–N with tert-alkyl or cyclic N) is 1. The number of rotatable bonds is 7. The minimum atomic E-state index is -3.31. The zero-order valence-electron chi connectivity index (χ0n) is 19.9. The number of carbonyl (C=O) groups is 1. The molecule has 4 rings (SSSR count). The highest BCUT2D eigenvalue weighted by atomic mass is 32.2. The van der Waals surface area contributed by atoms with Crippen LogP contribution in [0, 0.1) is 0 Å². The number of benzene rings is 2. The second-order valence-electron chi connectivity index (χ2n) is 9.81. The topological polar surface area (TPSA) is 101 Å². The van der Waals surface area contributed by atoms with Crippen molar-refractivity contribution >= 4 is 15.7 Å². The quantitative estimate of drug-likeness (QED) is 0.605. The molecule has 0 spiro atoms. The van der Waals surface area contributed by atoms with Crippen molar-refractivity contribution in [1.29, 1.82) is 0 Å². The van der Waals surface area contributed by atoms with Crippen LogP contribution < -0.4 is 0 Å². The fraction of sp³-hybridized carbons (Fsp3) is 0.480. The summed E-state index contributed by atoms with van der Waals surface area (Å²) >= 11 is 0. The molecule has 2 N–H and O–H groups in total. The maximum absolute atomic E-state index is 13.1. The van der Waals surface area contributed by atoms with Gasteiger partial charge in [-0.3, -0.25) is 14.6 Å². The van der Waals surface area contributed by atoms with Gasteiger partial charge in [-0.2, -0.15) is 0 Å². The maximum atomic E-state index is 13.1. The number of hydrogen-bond acceptors (Lipinski definition) is 7. The van der Waals surface area contributed by atoms with E-state index in [9.17, 15) is 23.4 Å². The highest BCUT2D eigenvalue weighted by Gasteiger charge is 2.51. The summed E-state index contributed by atoms with van der Waals surface area (Å²) in [6.07, 6.45) is 0.157. The third-order valence-corrected chi connectivity index (χ3v) is 7.98. The van der Waals surface area contributed by atoms with Gasteiger partial charge >= 0.3 is 0 Å². The summed E-state index contributed by atoms with van der Waals surface area (Å²) in [4.78, 5) is 18.5. The molecule has 1 saturated heterocycles. The molecule has 2 unspecified atom stereocenters. The van der Waals surface area contributed by atoms with Gasteiger partial charge < -0.3 is 10.2 Å². The van der Waals surface area contributed by atoms with E-state index in [1.165, 1.54) is 28.2 Å². The lowest BCUT2D eigenvalue weighted by atomic mass is 9.99. The fourth-order valence-electron chi connectivity index (χ4n) is 4.84. The molecule has 0 saturated carbocycles. The molecule has 2 aliphatic heterocycles. The Morgan fingerprint density at radius 3 is 2.35 bits per heavy atom. The van der Waals surface area contributed by atoms with E-state index in [-0.39, 0.29) is 23.9 Å². The number of hydrogen-bond donors (Lipinski definition) is 2. The number of sulfone groups is 1. The normalized spacial score (nSPS) is 22.1. The van der Waals surface area contributed by atoms with Gasteiger partial charge in [0.2, 0.25) is 5.91 Å². The molecule has 2 aliphatic rings. The first kappa shape index (κ1) is 24.8. The Bertz CT molecular complexity index is 1150. The SMILES string of the molecule is CC1(C)C(=O)N(Cc2ccc(S(C)(=O)=O)cc2)C(O)N1CC(O)CN1CCc2ccccc2C1. The van der Waals surface area contributed by atoms with E-state index in [0.717, 1.165) is 25.8 Å². The molecule has 184 valence electrons. The molecular formula is C25H33N3O5S. The predicted octanol–water partition coefficient (Wildman–Crippen LogP) is 1.21. The second kappa shape index (κ2) is 9.39. The number of aliphatic hydroxyl groups is 2. The zero-order valence-corrected chi connectivity index (χ0v) is 20.7. The van der Waals surface area contributed by atoms with Gasteiger partial charge in [-0.25, -0.2) is 13.3 Å². The summed E-state index contributed by atoms with van der Waals surface area (Å²) in [6, 6.07) is 14.6. The van der Waals surface area contributed by atoms with Crippen LogP contribution in [0.3, 0.4) is 0 Å². The summed E-state index contributed by atoms with van der Waals surface area (Å²) in [7, 11) is -3.31. The van der Waals surface area contributed by atoms with Crippen LogP contribution in [0.2, 0.25) is 0 Å². The Labute approximate surface area is 201 Å². The van der Waals surface area contributed by atoms with Gasteiger partial charge in [0.05, 0.1) is 16.5 Å². The largest absolute Gasteiger partial charge is 0.390 e. The van der Waals surface area contributed by atoms with E-state index in [4.69, 9.17) is 0 Å². The average Bonchev–Trinajstić information content (AvgIpc) is 2.93. The van der Waals surface area contributed by atoms with E-state index < -0.39 is 27.8 Å². The van der Waals surface area contributed by atoms with E-state index in [1.807, 2.05) is 12.1 Å². The molecule has 1 amide bonds. The number of carbonyl (C=O) groups excluding carboxylic acids is 1. The third-order valence-electron chi connectivity index (χ3n) is 6.85. The lowest BCUT2D eigenvalue weighted by Gasteiger charge is -2.35. The van der Waals surface area contributed by atoms with Crippen molar-refractivity contribution in [2.45, 2.75) is 56.2 Å². The highest BCUT2D eigenvalue weighted by Crippen LogP contribution is 2.31. The highest BCUT2D eigenvalue weighted by molar-refractivity contribution is 7.90. The van der Waals surface area contributed by atoms with Crippen LogP contribution in [0.4, 0.5) is 0 Å². The van der Waals surface area contributed by atoms with Gasteiger partial charge in [0.1, 0.15) is 0 Å². The van der Waals surface area contributed by atoms with Gasteiger partial charge in [-0.1, -0.05) is 36.4 Å². The van der Waals surface area contributed by atoms with E-state index >= 15 is 0 Å². The smallest absolute Gasteiger partial charge is 0.246 e. The van der Waals surface area contributed by atoms with Gasteiger partial charge in [0.15, 0.2) is 16.2 Å². The summed E-state index contributed by atoms with van der Waals surface area (Å²) < 4.78 is 23.4. The minimum absolute atomic E-state index is 0.142. The van der Waals surface area contributed by atoms with Crippen molar-refractivity contribution in [2.24, 2.45) is 0 Å². The van der Waals surface area contributed by atoms with Gasteiger partial charge in [0, 0.05) is 39.0 Å². The summed E-state index contributed by atoms with van der Waals surface area (Å²) in [6.45, 7) is 5.87. The Hall–Kier alpha value is -2.30. The Morgan fingerprint density at radius 2 is 1.71 bits per heavy atom. The zero-order chi connectivity index (χ0) is 24.7. The molecule has 9 heteroatoms. The molecular weight excluding hydrogens is 454 g/mol. The van der Waals surface area contributed by atoms with Crippen molar-refractivity contribution in [3.63, 3.8) is 0 Å². The van der Waals surface area contributed by atoms with Crippen LogP contribution in [0.15, 0.2) is 53.4 Å². The van der Waals surface area contributed by atoms with Crippen LogP contribution >= 0.6 is 0 Å². The number of aliphatic hydroxyl groups excluding tert-OH is 2. The molecule has 2 aromatic carbocycles. The summed E-state index contributed by atoms with van der Waals surface area (Å²) in [5.41, 5.74) is 2.34. The molecule has 2 aromatic rings. The van der Waals surface area contributed by atoms with Gasteiger partial charge in [0.25, 0.3) is 0 Å². The van der Waals surface area contributed by atoms with E-state index in [1.54, 1.807) is 30.9 Å². The summed E-state index contributed by atoms with van der Waals surface area (Å²) in [5.74, 6) is -0.244. The molecule has 2 atom stereocenters. The maximum Gasteiger partial charge on any atom is 0.246 e. The third kappa shape index (κ3) is 5.04. The Balaban J connectivity index is 1.41. The average molecular weight is 488 g/mol. The van der Waals surface area contributed by atoms with Crippen molar-refractivity contribution in [3.8, 4) is 0 Å². The molecule has 34 heavy (non-hydrogen) atoms.